The summed E-state index contributed by atoms with van der Waals surface area (Å²) < 4.78 is 28.3. The minimum atomic E-state index is -3.70. The van der Waals surface area contributed by atoms with Gasteiger partial charge in [-0.25, -0.2) is 0 Å². The largest absolute Gasteiger partial charge is 0.286 e. The zero-order valence-corrected chi connectivity index (χ0v) is 8.78. The molecule has 0 aromatic carbocycles. The molecule has 0 amide bonds. The molecule has 0 saturated heterocycles. The van der Waals surface area contributed by atoms with Crippen LogP contribution in [0.4, 0.5) is 0 Å². The van der Waals surface area contributed by atoms with Gasteiger partial charge in [0.25, 0.3) is 10.1 Å². The molecule has 10 heavy (non-hydrogen) atoms. The van der Waals surface area contributed by atoms with E-state index in [2.05, 4.69) is 0 Å². The molecule has 5 heteroatoms. The number of hydrogen-bond donors (Lipinski definition) is 1. The number of rotatable bonds is 4. The van der Waals surface area contributed by atoms with Crippen LogP contribution in [-0.4, -0.2) is 18.7 Å². The molecule has 0 spiro atoms. The first-order chi connectivity index (χ1) is 4.06. The van der Waals surface area contributed by atoms with Gasteiger partial charge in [0.05, 0.1) is 5.75 Å². The van der Waals surface area contributed by atoms with Crippen LogP contribution in [-0.2, 0) is 32.5 Å². The summed E-state index contributed by atoms with van der Waals surface area (Å²) in [6, 6.07) is 0. The van der Waals surface area contributed by atoms with Gasteiger partial charge in [-0.05, 0) is 6.42 Å². The molecular weight excluding hydrogens is 337 g/mol. The molecule has 0 aromatic heterocycles. The maximum absolute atomic E-state index is 10.1. The monoisotopic (exact) mass is 349 g/mol. The van der Waals surface area contributed by atoms with Gasteiger partial charge in [0.2, 0.25) is 0 Å². The quantitative estimate of drug-likeness (QED) is 0.469. The fourth-order valence-electron chi connectivity index (χ4n) is 0.534. The van der Waals surface area contributed by atoms with Crippen LogP contribution in [0.2, 0.25) is 0 Å². The van der Waals surface area contributed by atoms with Crippen LogP contribution < -0.4 is 0 Å². The summed E-state index contributed by atoms with van der Waals surface area (Å²) in [4.78, 5) is 0. The van der Waals surface area contributed by atoms with Crippen molar-refractivity contribution in [1.29, 1.82) is 0 Å². The molecule has 0 rings (SSSR count). The summed E-state index contributed by atoms with van der Waals surface area (Å²) in [7, 11) is -3.70. The number of hydrogen-bond acceptors (Lipinski definition) is 2. The zero-order chi connectivity index (χ0) is 7.33. The van der Waals surface area contributed by atoms with Crippen molar-refractivity contribution < 1.29 is 35.4 Å². The van der Waals surface area contributed by atoms with E-state index in [-0.39, 0.29) is 28.1 Å². The van der Waals surface area contributed by atoms with Crippen LogP contribution in [0, 0.1) is 0 Å². The van der Waals surface area contributed by atoms with Gasteiger partial charge in [0, 0.05) is 22.4 Å². The molecule has 0 aromatic rings. The second-order valence-corrected chi connectivity index (χ2v) is 3.57. The van der Waals surface area contributed by atoms with E-state index in [0.717, 1.165) is 12.8 Å². The Hall–Kier alpha value is 0.650. The molecule has 0 saturated carbocycles. The Kier molecular flexibility index (Phi) is 8.44. The first-order valence-corrected chi connectivity index (χ1v) is 4.62. The Morgan fingerprint density at radius 3 is 2.10 bits per heavy atom. The molecule has 0 aliphatic rings. The third-order valence-corrected chi connectivity index (χ3v) is 1.81. The molecule has 1 radical (unpaired) electrons. The van der Waals surface area contributed by atoms with Gasteiger partial charge in [-0.15, -0.1) is 0 Å². The van der Waals surface area contributed by atoms with Crippen LogP contribution in [0.25, 0.3) is 0 Å². The van der Waals surface area contributed by atoms with Gasteiger partial charge in [-0.2, -0.15) is 8.42 Å². The van der Waals surface area contributed by atoms with Crippen LogP contribution in [0.15, 0.2) is 0 Å². The van der Waals surface area contributed by atoms with Gasteiger partial charge in [-0.1, -0.05) is 19.8 Å². The van der Waals surface area contributed by atoms with Gasteiger partial charge >= 0.3 is 0 Å². The first kappa shape index (κ1) is 13.3. The molecule has 0 heterocycles. The summed E-state index contributed by atoms with van der Waals surface area (Å²) in [5.41, 5.74) is 0. The Morgan fingerprint density at radius 2 is 1.80 bits per heavy atom. The van der Waals surface area contributed by atoms with Gasteiger partial charge < -0.3 is 0 Å². The SMILES string of the molecule is CCCCCS(=O)(=O)O.[Au]. The molecule has 67 valence electrons. The summed E-state index contributed by atoms with van der Waals surface area (Å²) in [5, 5.41) is 0. The van der Waals surface area contributed by atoms with Crippen molar-refractivity contribution in [1.82, 2.24) is 0 Å². The predicted octanol–water partition coefficient (Wildman–Crippen LogP) is 1.06. The molecule has 0 bridgehead atoms. The van der Waals surface area contributed by atoms with Crippen molar-refractivity contribution in [3.05, 3.63) is 0 Å². The molecule has 1 N–H and O–H groups in total. The van der Waals surface area contributed by atoms with Crippen molar-refractivity contribution in [2.24, 2.45) is 0 Å². The van der Waals surface area contributed by atoms with Crippen molar-refractivity contribution in [2.45, 2.75) is 26.2 Å². The molecule has 0 atom stereocenters. The minimum absolute atomic E-state index is 0. The van der Waals surface area contributed by atoms with Crippen LogP contribution in [0.1, 0.15) is 26.2 Å². The Labute approximate surface area is 77.5 Å². The van der Waals surface area contributed by atoms with Crippen molar-refractivity contribution in [3.8, 4) is 0 Å². The van der Waals surface area contributed by atoms with Gasteiger partial charge in [0.1, 0.15) is 0 Å². The molecule has 0 unspecified atom stereocenters. The average Bonchev–Trinajstić information content (AvgIpc) is 1.63. The van der Waals surface area contributed by atoms with E-state index >= 15 is 0 Å². The summed E-state index contributed by atoms with van der Waals surface area (Å²) in [6.07, 6.45) is 2.39. The summed E-state index contributed by atoms with van der Waals surface area (Å²) in [5.74, 6) is -0.0964. The fourth-order valence-corrected chi connectivity index (χ4v) is 1.10. The second-order valence-electron chi connectivity index (χ2n) is 1.99. The Morgan fingerprint density at radius 1 is 1.30 bits per heavy atom. The Balaban J connectivity index is 0. The fraction of sp³-hybridized carbons (Fsp3) is 1.00. The molecular formula is C5H12AuO3S. The molecule has 0 fully saturated rings. The van der Waals surface area contributed by atoms with Crippen LogP contribution in [0.3, 0.4) is 0 Å². The summed E-state index contributed by atoms with van der Waals surface area (Å²) >= 11 is 0. The maximum Gasteiger partial charge on any atom is 0.264 e. The van der Waals surface area contributed by atoms with E-state index in [1.807, 2.05) is 6.92 Å². The van der Waals surface area contributed by atoms with Crippen molar-refractivity contribution in [3.63, 3.8) is 0 Å². The maximum atomic E-state index is 10.1. The van der Waals surface area contributed by atoms with Gasteiger partial charge in [-0.3, -0.25) is 4.55 Å². The molecule has 0 aliphatic heterocycles. The normalized spacial score (nSPS) is 10.6. The zero-order valence-electron chi connectivity index (χ0n) is 5.80. The first-order valence-electron chi connectivity index (χ1n) is 3.01. The number of unbranched alkanes of at least 4 members (excludes halogenated alkanes) is 2. The topological polar surface area (TPSA) is 54.4 Å². The van der Waals surface area contributed by atoms with Crippen molar-refractivity contribution >= 4 is 10.1 Å². The second kappa shape index (κ2) is 6.37. The smallest absolute Gasteiger partial charge is 0.264 e. The Bertz CT molecular complexity index is 152. The van der Waals surface area contributed by atoms with E-state index in [0.29, 0.717) is 6.42 Å². The van der Waals surface area contributed by atoms with E-state index in [1.54, 1.807) is 0 Å². The van der Waals surface area contributed by atoms with E-state index < -0.39 is 10.1 Å². The van der Waals surface area contributed by atoms with Crippen molar-refractivity contribution in [2.75, 3.05) is 5.75 Å². The van der Waals surface area contributed by atoms with E-state index in [4.69, 9.17) is 4.55 Å². The predicted molar refractivity (Wildman–Crippen MR) is 35.9 cm³/mol. The van der Waals surface area contributed by atoms with E-state index in [9.17, 15) is 8.42 Å². The summed E-state index contributed by atoms with van der Waals surface area (Å²) in [6.45, 7) is 1.98. The minimum Gasteiger partial charge on any atom is -0.286 e. The third kappa shape index (κ3) is 11.4. The van der Waals surface area contributed by atoms with Crippen LogP contribution in [0.5, 0.6) is 0 Å². The van der Waals surface area contributed by atoms with Crippen LogP contribution >= 0.6 is 0 Å². The third-order valence-electron chi connectivity index (χ3n) is 1.01. The average molecular weight is 349 g/mol. The van der Waals surface area contributed by atoms with E-state index in [1.165, 1.54) is 0 Å². The van der Waals surface area contributed by atoms with Gasteiger partial charge in [0.15, 0.2) is 0 Å². The molecule has 3 nitrogen and oxygen atoms in total. The molecule has 0 aliphatic carbocycles. The standard InChI is InChI=1S/C5H12O3S.Au/c1-2-3-4-5-9(6,7)8;/h2-5H2,1H3,(H,6,7,8);.